The summed E-state index contributed by atoms with van der Waals surface area (Å²) in [5.41, 5.74) is 3.67. The summed E-state index contributed by atoms with van der Waals surface area (Å²) < 4.78 is 2.16. The van der Waals surface area contributed by atoms with E-state index < -0.39 is 0 Å². The zero-order valence-electron chi connectivity index (χ0n) is 12.0. The lowest BCUT2D eigenvalue weighted by atomic mass is 10.2. The number of nitrogens with zero attached hydrogens (tertiary/aromatic N) is 4. The number of aromatic nitrogens is 3. The first-order chi connectivity index (χ1) is 10.3. The highest BCUT2D eigenvalue weighted by Crippen LogP contribution is 2.22. The largest absolute Gasteiger partial charge is 0.296 e. The van der Waals surface area contributed by atoms with Crippen molar-refractivity contribution in [3.05, 3.63) is 54.1 Å². The minimum absolute atomic E-state index is 0.667. The summed E-state index contributed by atoms with van der Waals surface area (Å²) in [4.78, 5) is 8.85. The number of pyridine rings is 1. The van der Waals surface area contributed by atoms with Crippen molar-refractivity contribution in [1.82, 2.24) is 14.5 Å². The second-order valence-corrected chi connectivity index (χ2v) is 4.99. The summed E-state index contributed by atoms with van der Waals surface area (Å²) in [7, 11) is 0. The fraction of sp³-hybridized carbons (Fsp3) is 0.235. The van der Waals surface area contributed by atoms with E-state index in [4.69, 9.17) is 10.2 Å². The Bertz CT molecular complexity index is 794. The number of hydrogen-bond donors (Lipinski definition) is 0. The molecule has 0 aliphatic rings. The molecule has 0 unspecified atom stereocenters. The number of rotatable bonds is 4. The lowest BCUT2D eigenvalue weighted by Gasteiger charge is -2.09. The summed E-state index contributed by atoms with van der Waals surface area (Å²) >= 11 is 0. The van der Waals surface area contributed by atoms with E-state index in [-0.39, 0.29) is 0 Å². The number of aryl methyl sites for hydroxylation is 1. The first-order valence-electron chi connectivity index (χ1n) is 7.15. The van der Waals surface area contributed by atoms with Crippen molar-refractivity contribution in [2.45, 2.75) is 26.2 Å². The molecule has 0 N–H and O–H groups in total. The van der Waals surface area contributed by atoms with E-state index in [2.05, 4.69) is 22.5 Å². The molecule has 104 valence electrons. The Labute approximate surface area is 123 Å². The minimum atomic E-state index is 0.667. The van der Waals surface area contributed by atoms with Crippen molar-refractivity contribution in [3.63, 3.8) is 0 Å². The Morgan fingerprint density at radius 3 is 2.71 bits per heavy atom. The van der Waals surface area contributed by atoms with Crippen LogP contribution in [0.4, 0.5) is 0 Å². The standard InChI is InChI=1S/C17H16N4/c1-2-3-4-17-20-15-12-19-10-9-16(15)21(17)14-7-5-13(11-18)6-8-14/h5-10,12H,2-4H2,1H3. The molecule has 0 saturated heterocycles. The third kappa shape index (κ3) is 2.50. The Morgan fingerprint density at radius 1 is 1.19 bits per heavy atom. The molecule has 0 amide bonds. The van der Waals surface area contributed by atoms with Gasteiger partial charge in [-0.2, -0.15) is 5.26 Å². The molecule has 4 nitrogen and oxygen atoms in total. The van der Waals surface area contributed by atoms with Crippen LogP contribution >= 0.6 is 0 Å². The van der Waals surface area contributed by atoms with Gasteiger partial charge in [-0.1, -0.05) is 13.3 Å². The summed E-state index contributed by atoms with van der Waals surface area (Å²) in [5.74, 6) is 1.05. The van der Waals surface area contributed by atoms with Gasteiger partial charge in [0.2, 0.25) is 0 Å². The molecule has 0 aliphatic heterocycles. The average molecular weight is 276 g/mol. The van der Waals surface area contributed by atoms with Crippen molar-refractivity contribution in [1.29, 1.82) is 5.26 Å². The fourth-order valence-corrected chi connectivity index (χ4v) is 2.46. The Kier molecular flexibility index (Phi) is 3.65. The van der Waals surface area contributed by atoms with Crippen LogP contribution in [0.1, 0.15) is 31.2 Å². The smallest absolute Gasteiger partial charge is 0.114 e. The quantitative estimate of drug-likeness (QED) is 0.731. The number of imidazole rings is 1. The second-order valence-electron chi connectivity index (χ2n) is 4.99. The van der Waals surface area contributed by atoms with Gasteiger partial charge in [0.25, 0.3) is 0 Å². The number of nitriles is 1. The highest BCUT2D eigenvalue weighted by atomic mass is 15.1. The molecule has 0 aliphatic carbocycles. The van der Waals surface area contributed by atoms with Crippen LogP contribution in [0.2, 0.25) is 0 Å². The number of unbranched alkanes of at least 4 members (excludes halogenated alkanes) is 1. The molecule has 0 fully saturated rings. The number of hydrogen-bond acceptors (Lipinski definition) is 3. The van der Waals surface area contributed by atoms with E-state index in [1.54, 1.807) is 12.4 Å². The third-order valence-electron chi connectivity index (χ3n) is 3.53. The van der Waals surface area contributed by atoms with E-state index >= 15 is 0 Å². The molecule has 3 aromatic rings. The van der Waals surface area contributed by atoms with Gasteiger partial charge in [0.15, 0.2) is 0 Å². The molecule has 0 saturated carbocycles. The van der Waals surface area contributed by atoms with E-state index in [1.807, 2.05) is 30.3 Å². The van der Waals surface area contributed by atoms with Crippen molar-refractivity contribution in [2.75, 3.05) is 0 Å². The van der Waals surface area contributed by atoms with Crippen molar-refractivity contribution < 1.29 is 0 Å². The van der Waals surface area contributed by atoms with Crippen LogP contribution < -0.4 is 0 Å². The molecule has 3 rings (SSSR count). The van der Waals surface area contributed by atoms with Crippen LogP contribution in [0.25, 0.3) is 16.7 Å². The lowest BCUT2D eigenvalue weighted by Crippen LogP contribution is -2.01. The van der Waals surface area contributed by atoms with Gasteiger partial charge in [0, 0.05) is 18.3 Å². The number of fused-ring (bicyclic) bond motifs is 1. The van der Waals surface area contributed by atoms with Crippen LogP contribution in [-0.2, 0) is 6.42 Å². The molecule has 0 atom stereocenters. The zero-order valence-corrected chi connectivity index (χ0v) is 12.0. The zero-order chi connectivity index (χ0) is 14.7. The fourth-order valence-electron chi connectivity index (χ4n) is 2.46. The van der Waals surface area contributed by atoms with Crippen molar-refractivity contribution in [3.8, 4) is 11.8 Å². The maximum atomic E-state index is 8.92. The first kappa shape index (κ1) is 13.3. The summed E-state index contributed by atoms with van der Waals surface area (Å²) in [6.45, 7) is 2.18. The molecule has 2 aromatic heterocycles. The van der Waals surface area contributed by atoms with Crippen LogP contribution in [0.15, 0.2) is 42.7 Å². The predicted octanol–water partition coefficient (Wildman–Crippen LogP) is 3.63. The molecule has 0 bridgehead atoms. The van der Waals surface area contributed by atoms with Gasteiger partial charge in [-0.05, 0) is 36.8 Å². The maximum Gasteiger partial charge on any atom is 0.114 e. The highest BCUT2D eigenvalue weighted by Gasteiger charge is 2.11. The van der Waals surface area contributed by atoms with Gasteiger partial charge >= 0.3 is 0 Å². The molecule has 2 heterocycles. The Morgan fingerprint density at radius 2 is 2.00 bits per heavy atom. The van der Waals surface area contributed by atoms with Crippen LogP contribution in [-0.4, -0.2) is 14.5 Å². The topological polar surface area (TPSA) is 54.5 Å². The van der Waals surface area contributed by atoms with Gasteiger partial charge < -0.3 is 0 Å². The predicted molar refractivity (Wildman–Crippen MR) is 82.2 cm³/mol. The average Bonchev–Trinajstić information content (AvgIpc) is 2.91. The van der Waals surface area contributed by atoms with Gasteiger partial charge in [-0.25, -0.2) is 4.98 Å². The van der Waals surface area contributed by atoms with Crippen LogP contribution in [0, 0.1) is 11.3 Å². The van der Waals surface area contributed by atoms with Gasteiger partial charge in [-0.15, -0.1) is 0 Å². The summed E-state index contributed by atoms with van der Waals surface area (Å²) in [6, 6.07) is 11.7. The highest BCUT2D eigenvalue weighted by molar-refractivity contribution is 5.77. The minimum Gasteiger partial charge on any atom is -0.296 e. The van der Waals surface area contributed by atoms with E-state index in [0.717, 1.165) is 41.8 Å². The Hall–Kier alpha value is -2.67. The summed E-state index contributed by atoms with van der Waals surface area (Å²) in [6.07, 6.45) is 6.76. The van der Waals surface area contributed by atoms with Crippen molar-refractivity contribution in [2.24, 2.45) is 0 Å². The van der Waals surface area contributed by atoms with Gasteiger partial charge in [0.1, 0.15) is 11.3 Å². The first-order valence-corrected chi connectivity index (χ1v) is 7.15. The maximum absolute atomic E-state index is 8.92. The van der Waals surface area contributed by atoms with E-state index in [0.29, 0.717) is 5.56 Å². The molecule has 1 aromatic carbocycles. The van der Waals surface area contributed by atoms with E-state index in [9.17, 15) is 0 Å². The second kappa shape index (κ2) is 5.76. The molecule has 0 radical (unpaired) electrons. The van der Waals surface area contributed by atoms with Gasteiger partial charge in [-0.3, -0.25) is 9.55 Å². The van der Waals surface area contributed by atoms with Crippen LogP contribution in [0.5, 0.6) is 0 Å². The number of benzene rings is 1. The lowest BCUT2D eigenvalue weighted by molar-refractivity contribution is 0.744. The van der Waals surface area contributed by atoms with Crippen molar-refractivity contribution >= 4 is 11.0 Å². The SMILES string of the molecule is CCCCc1nc2cnccc2n1-c1ccc(C#N)cc1. The summed E-state index contributed by atoms with van der Waals surface area (Å²) in [5, 5.41) is 8.92. The normalized spacial score (nSPS) is 10.7. The van der Waals surface area contributed by atoms with Crippen LogP contribution in [0.3, 0.4) is 0 Å². The Balaban J connectivity index is 2.15. The molecular formula is C17H16N4. The molecule has 4 heteroatoms. The van der Waals surface area contributed by atoms with E-state index in [1.165, 1.54) is 0 Å². The monoisotopic (exact) mass is 276 g/mol. The molecule has 21 heavy (non-hydrogen) atoms. The third-order valence-corrected chi connectivity index (χ3v) is 3.53. The molecular weight excluding hydrogens is 260 g/mol. The van der Waals surface area contributed by atoms with Gasteiger partial charge in [0.05, 0.1) is 23.3 Å². The molecule has 0 spiro atoms.